The van der Waals surface area contributed by atoms with Crippen LogP contribution in [0.3, 0.4) is 0 Å². The average Bonchev–Trinajstić information content (AvgIpc) is 3.77. The van der Waals surface area contributed by atoms with Crippen LogP contribution in [0, 0.1) is 17.1 Å². The van der Waals surface area contributed by atoms with Gasteiger partial charge in [-0.15, -0.1) is 11.3 Å². The highest BCUT2D eigenvalue weighted by atomic mass is 32.1. The third-order valence-electron chi connectivity index (χ3n) is 8.25. The average molecular weight is 568 g/mol. The van der Waals surface area contributed by atoms with Crippen molar-refractivity contribution in [3.8, 4) is 27.9 Å². The van der Waals surface area contributed by atoms with Crippen LogP contribution in [0.25, 0.3) is 32.9 Å². The number of carbonyl (C=O) groups is 1. The fraction of sp³-hybridized carbons (Fsp3) is 0.310. The Labute approximate surface area is 239 Å². The molecule has 5 aromatic rings. The number of fused-ring (bicyclic) bond motifs is 1. The molecular formula is C29H26FN9OS. The van der Waals surface area contributed by atoms with E-state index < -0.39 is 11.4 Å². The molecule has 1 amide bonds. The molecule has 41 heavy (non-hydrogen) atoms. The first-order chi connectivity index (χ1) is 20.0. The van der Waals surface area contributed by atoms with E-state index in [-0.39, 0.29) is 5.91 Å². The minimum Gasteiger partial charge on any atom is -0.346 e. The lowest BCUT2D eigenvalue weighted by Gasteiger charge is -2.53. The van der Waals surface area contributed by atoms with Crippen molar-refractivity contribution in [2.45, 2.75) is 30.8 Å². The van der Waals surface area contributed by atoms with Crippen LogP contribution in [0.2, 0.25) is 0 Å². The molecular weight excluding hydrogens is 541 g/mol. The molecule has 4 aromatic heterocycles. The lowest BCUT2D eigenvalue weighted by Crippen LogP contribution is -2.66. The first-order valence-electron chi connectivity index (χ1n) is 13.5. The molecule has 2 saturated heterocycles. The number of nitrogens with one attached hydrogen (secondary N) is 1. The van der Waals surface area contributed by atoms with Gasteiger partial charge in [0.2, 0.25) is 0 Å². The number of aromatic nitrogens is 6. The Morgan fingerprint density at radius 1 is 1.20 bits per heavy atom. The van der Waals surface area contributed by atoms with E-state index in [0.29, 0.717) is 54.8 Å². The Morgan fingerprint density at radius 2 is 2.05 bits per heavy atom. The number of piperidine rings is 1. The fourth-order valence-corrected chi connectivity index (χ4v) is 6.72. The number of H-pyrrole nitrogens is 1. The quantitative estimate of drug-likeness (QED) is 0.325. The minimum absolute atomic E-state index is 0.152. The zero-order valence-corrected chi connectivity index (χ0v) is 22.9. The van der Waals surface area contributed by atoms with Gasteiger partial charge in [-0.2, -0.15) is 10.4 Å². The summed E-state index contributed by atoms with van der Waals surface area (Å²) in [6.07, 6.45) is 10.8. The van der Waals surface area contributed by atoms with Crippen molar-refractivity contribution in [3.63, 3.8) is 0 Å². The third kappa shape index (κ3) is 4.47. The summed E-state index contributed by atoms with van der Waals surface area (Å²) in [5.41, 5.74) is 2.82. The molecule has 2 aliphatic heterocycles. The van der Waals surface area contributed by atoms with Crippen molar-refractivity contribution in [1.82, 2.24) is 39.5 Å². The summed E-state index contributed by atoms with van der Waals surface area (Å²) in [4.78, 5) is 33.3. The highest BCUT2D eigenvalue weighted by Gasteiger charge is 2.48. The number of benzene rings is 1. The Balaban J connectivity index is 0.998. The Bertz CT molecular complexity index is 1760. The second-order valence-electron chi connectivity index (χ2n) is 10.7. The van der Waals surface area contributed by atoms with Crippen LogP contribution in [0.4, 0.5) is 4.39 Å². The van der Waals surface area contributed by atoms with Crippen molar-refractivity contribution in [2.75, 3.05) is 26.2 Å². The molecule has 0 spiro atoms. The maximum absolute atomic E-state index is 14.7. The predicted molar refractivity (Wildman–Crippen MR) is 151 cm³/mol. The normalized spacial score (nSPS) is 17.4. The highest BCUT2D eigenvalue weighted by molar-refractivity contribution is 7.13. The summed E-state index contributed by atoms with van der Waals surface area (Å²) in [7, 11) is 0. The maximum atomic E-state index is 14.7. The maximum Gasteiger partial charge on any atom is 0.253 e. The second-order valence-corrected chi connectivity index (χ2v) is 11.5. The lowest BCUT2D eigenvalue weighted by molar-refractivity contribution is -0.0412. The molecule has 0 atom stereocenters. The molecule has 0 unspecified atom stereocenters. The molecule has 12 heteroatoms. The summed E-state index contributed by atoms with van der Waals surface area (Å²) in [6.45, 7) is 2.64. The summed E-state index contributed by atoms with van der Waals surface area (Å²) in [6, 6.07) is 9.25. The van der Waals surface area contributed by atoms with Gasteiger partial charge in [-0.25, -0.2) is 19.3 Å². The molecule has 2 fully saturated rings. The predicted octanol–water partition coefficient (Wildman–Crippen LogP) is 4.31. The first-order valence-corrected chi connectivity index (χ1v) is 14.4. The zero-order valence-electron chi connectivity index (χ0n) is 22.1. The monoisotopic (exact) mass is 567 g/mol. The molecule has 1 aromatic carbocycles. The number of likely N-dealkylation sites (tertiary alicyclic amines) is 2. The number of halogens is 1. The zero-order chi connectivity index (χ0) is 28.0. The van der Waals surface area contributed by atoms with E-state index in [1.165, 1.54) is 23.7 Å². The van der Waals surface area contributed by atoms with Gasteiger partial charge in [-0.3, -0.25) is 14.4 Å². The summed E-state index contributed by atoms with van der Waals surface area (Å²) in [5, 5.41) is 17.6. The number of hydrogen-bond acceptors (Lipinski definition) is 8. The molecule has 0 aliphatic carbocycles. The third-order valence-corrected chi connectivity index (χ3v) is 9.05. The summed E-state index contributed by atoms with van der Waals surface area (Å²) >= 11 is 1.36. The van der Waals surface area contributed by atoms with E-state index in [2.05, 4.69) is 36.0 Å². The number of thiazole rings is 1. The summed E-state index contributed by atoms with van der Waals surface area (Å²) < 4.78 is 16.7. The smallest absolute Gasteiger partial charge is 0.253 e. The molecule has 2 aliphatic rings. The molecule has 0 bridgehead atoms. The first kappa shape index (κ1) is 25.5. The number of nitriles is 1. The van der Waals surface area contributed by atoms with E-state index >= 15 is 0 Å². The van der Waals surface area contributed by atoms with E-state index in [1.807, 2.05) is 23.1 Å². The van der Waals surface area contributed by atoms with Gasteiger partial charge >= 0.3 is 0 Å². The number of rotatable bonds is 6. The van der Waals surface area contributed by atoms with Crippen molar-refractivity contribution >= 4 is 28.3 Å². The Kier molecular flexibility index (Phi) is 6.33. The van der Waals surface area contributed by atoms with Crippen LogP contribution in [0.5, 0.6) is 0 Å². The Hall–Kier alpha value is -4.47. The van der Waals surface area contributed by atoms with Crippen LogP contribution in [-0.2, 0) is 5.54 Å². The highest BCUT2D eigenvalue weighted by Crippen LogP contribution is 2.37. The largest absolute Gasteiger partial charge is 0.346 e. The molecule has 6 heterocycles. The molecule has 1 N–H and O–H groups in total. The van der Waals surface area contributed by atoms with E-state index in [4.69, 9.17) is 0 Å². The molecule has 7 rings (SSSR count). The SMILES string of the molecule is N#CCC1(n2cc(-c3ncnc4[nH]ccc34)cn2)CN(C2CCN(C(=O)c3ccc(-c4nccs4)c(F)c3)CC2)C1. The number of hydrogen-bond donors (Lipinski definition) is 1. The van der Waals surface area contributed by atoms with Crippen LogP contribution < -0.4 is 0 Å². The molecule has 0 saturated carbocycles. The number of aromatic amines is 1. The van der Waals surface area contributed by atoms with E-state index in [0.717, 1.165) is 35.1 Å². The molecule has 10 nitrogen and oxygen atoms in total. The minimum atomic E-state index is -0.436. The van der Waals surface area contributed by atoms with Crippen molar-refractivity contribution < 1.29 is 9.18 Å². The number of nitrogens with zero attached hydrogens (tertiary/aromatic N) is 8. The van der Waals surface area contributed by atoms with Gasteiger partial charge in [-0.1, -0.05) is 0 Å². The van der Waals surface area contributed by atoms with Gasteiger partial charge in [0.25, 0.3) is 5.91 Å². The van der Waals surface area contributed by atoms with Gasteiger partial charge < -0.3 is 9.88 Å². The van der Waals surface area contributed by atoms with Gasteiger partial charge in [-0.05, 0) is 37.1 Å². The van der Waals surface area contributed by atoms with Crippen molar-refractivity contribution in [2.24, 2.45) is 0 Å². The summed E-state index contributed by atoms with van der Waals surface area (Å²) in [5.74, 6) is -0.588. The standard InChI is InChI=1S/C29H26FN9OS/c30-24-13-19(1-2-22(24)27-33-9-12-41-27)28(40)37-10-4-21(5-11-37)38-16-29(17-38,6-7-31)39-15-20(14-36-39)25-23-3-8-32-26(23)35-18-34-25/h1-3,8-9,12-15,18,21H,4-6,10-11,16-17H2,(H,32,34,35). The number of carbonyl (C=O) groups excluding carboxylic acids is 1. The van der Waals surface area contributed by atoms with E-state index in [9.17, 15) is 14.4 Å². The fourth-order valence-electron chi connectivity index (χ4n) is 6.05. The molecule has 206 valence electrons. The Morgan fingerprint density at radius 3 is 2.80 bits per heavy atom. The van der Waals surface area contributed by atoms with Crippen LogP contribution in [0.1, 0.15) is 29.6 Å². The van der Waals surface area contributed by atoms with Gasteiger partial charge in [0.1, 0.15) is 28.3 Å². The van der Waals surface area contributed by atoms with Gasteiger partial charge in [0.15, 0.2) is 0 Å². The van der Waals surface area contributed by atoms with Gasteiger partial charge in [0.05, 0.1) is 24.4 Å². The van der Waals surface area contributed by atoms with Crippen LogP contribution in [-0.4, -0.2) is 77.6 Å². The van der Waals surface area contributed by atoms with Crippen molar-refractivity contribution in [3.05, 3.63) is 72.1 Å². The van der Waals surface area contributed by atoms with Crippen LogP contribution in [0.15, 0.2) is 60.8 Å². The number of amides is 1. The van der Waals surface area contributed by atoms with Crippen LogP contribution >= 0.6 is 11.3 Å². The van der Waals surface area contributed by atoms with E-state index in [1.54, 1.807) is 34.8 Å². The second kappa shape index (κ2) is 10.2. The topological polar surface area (TPSA) is 120 Å². The van der Waals surface area contributed by atoms with Crippen molar-refractivity contribution in [1.29, 1.82) is 5.26 Å². The molecule has 0 radical (unpaired) electrons. The van der Waals surface area contributed by atoms with Gasteiger partial charge in [0, 0.05) is 78.3 Å². The lowest BCUT2D eigenvalue weighted by atomic mass is 9.83.